The molecule has 0 radical (unpaired) electrons. The molecule has 8 heteroatoms. The molecule has 0 bridgehead atoms. The highest BCUT2D eigenvalue weighted by Gasteiger charge is 2.14. The second-order valence-electron chi connectivity index (χ2n) is 5.55. The van der Waals surface area contributed by atoms with Gasteiger partial charge in [-0.1, -0.05) is 59.2 Å². The minimum absolute atomic E-state index is 0.0451. The molecule has 3 aromatic rings. The molecular formula is C19H15Cl2N3O2S. The normalized spacial score (nSPS) is 10.7. The van der Waals surface area contributed by atoms with Crippen molar-refractivity contribution in [2.45, 2.75) is 11.7 Å². The van der Waals surface area contributed by atoms with Crippen LogP contribution >= 0.6 is 35.0 Å². The smallest absolute Gasteiger partial charge is 0.262 e. The van der Waals surface area contributed by atoms with E-state index in [0.29, 0.717) is 38.3 Å². The van der Waals surface area contributed by atoms with Gasteiger partial charge < -0.3 is 5.32 Å². The lowest BCUT2D eigenvalue weighted by atomic mass is 10.2. The molecule has 0 saturated carbocycles. The van der Waals surface area contributed by atoms with E-state index in [9.17, 15) is 9.59 Å². The predicted molar refractivity (Wildman–Crippen MR) is 112 cm³/mol. The summed E-state index contributed by atoms with van der Waals surface area (Å²) in [6, 6.07) is 12.1. The van der Waals surface area contributed by atoms with Gasteiger partial charge in [0.25, 0.3) is 5.56 Å². The van der Waals surface area contributed by atoms with Crippen LogP contribution in [0.4, 0.5) is 5.69 Å². The number of hydrogen-bond donors (Lipinski definition) is 1. The number of hydrogen-bond acceptors (Lipinski definition) is 4. The van der Waals surface area contributed by atoms with Gasteiger partial charge in [-0.3, -0.25) is 14.2 Å². The largest absolute Gasteiger partial charge is 0.323 e. The number of allylic oxidation sites excluding steroid dienone is 1. The SMILES string of the molecule is C=CCn1c(SCC(=O)Nc2c(Cl)cccc2Cl)nc2ccccc2c1=O. The van der Waals surface area contributed by atoms with Gasteiger partial charge in [-0.25, -0.2) is 4.98 Å². The summed E-state index contributed by atoms with van der Waals surface area (Å²) >= 11 is 13.3. The fourth-order valence-electron chi connectivity index (χ4n) is 2.47. The Morgan fingerprint density at radius 3 is 2.59 bits per heavy atom. The van der Waals surface area contributed by atoms with E-state index in [0.717, 1.165) is 11.8 Å². The third-order valence-corrected chi connectivity index (χ3v) is 5.30. The van der Waals surface area contributed by atoms with E-state index >= 15 is 0 Å². The van der Waals surface area contributed by atoms with Crippen molar-refractivity contribution in [2.75, 3.05) is 11.1 Å². The Balaban J connectivity index is 1.84. The van der Waals surface area contributed by atoms with Crippen LogP contribution in [0, 0.1) is 0 Å². The highest BCUT2D eigenvalue weighted by atomic mass is 35.5. The Morgan fingerprint density at radius 2 is 1.89 bits per heavy atom. The summed E-state index contributed by atoms with van der Waals surface area (Å²) in [5.41, 5.74) is 0.777. The number of amides is 1. The van der Waals surface area contributed by atoms with E-state index in [1.165, 1.54) is 4.57 Å². The number of benzene rings is 2. The summed E-state index contributed by atoms with van der Waals surface area (Å²) in [4.78, 5) is 29.5. The van der Waals surface area contributed by atoms with Crippen molar-refractivity contribution >= 4 is 57.5 Å². The van der Waals surface area contributed by atoms with E-state index in [1.807, 2.05) is 6.07 Å². The van der Waals surface area contributed by atoms with Crippen LogP contribution in [0.25, 0.3) is 10.9 Å². The molecule has 0 unspecified atom stereocenters. The lowest BCUT2D eigenvalue weighted by molar-refractivity contribution is -0.113. The Kier molecular flexibility index (Phi) is 6.21. The Hall–Kier alpha value is -2.28. The zero-order chi connectivity index (χ0) is 19.4. The molecule has 1 amide bonds. The minimum Gasteiger partial charge on any atom is -0.323 e. The number of rotatable bonds is 6. The van der Waals surface area contributed by atoms with Gasteiger partial charge in [0.05, 0.1) is 32.4 Å². The third-order valence-electron chi connectivity index (χ3n) is 3.70. The number of halogens is 2. The van der Waals surface area contributed by atoms with Crippen molar-refractivity contribution in [2.24, 2.45) is 0 Å². The van der Waals surface area contributed by atoms with Gasteiger partial charge in [0.15, 0.2) is 5.16 Å². The third kappa shape index (κ3) is 4.35. The van der Waals surface area contributed by atoms with Gasteiger partial charge in [0, 0.05) is 6.54 Å². The first-order valence-corrected chi connectivity index (χ1v) is 9.72. The number of aromatic nitrogens is 2. The highest BCUT2D eigenvalue weighted by Crippen LogP contribution is 2.30. The molecule has 2 aromatic carbocycles. The van der Waals surface area contributed by atoms with Crippen LogP contribution in [-0.4, -0.2) is 21.2 Å². The topological polar surface area (TPSA) is 64.0 Å². The van der Waals surface area contributed by atoms with Gasteiger partial charge in [0.2, 0.25) is 5.91 Å². The molecule has 3 rings (SSSR count). The molecule has 0 saturated heterocycles. The first kappa shape index (κ1) is 19.5. The maximum Gasteiger partial charge on any atom is 0.262 e. The number of carbonyl (C=O) groups is 1. The van der Waals surface area contributed by atoms with E-state index in [1.54, 1.807) is 42.5 Å². The molecule has 1 heterocycles. The van der Waals surface area contributed by atoms with E-state index in [4.69, 9.17) is 23.2 Å². The van der Waals surface area contributed by atoms with Crippen LogP contribution in [0.5, 0.6) is 0 Å². The number of thioether (sulfide) groups is 1. The average molecular weight is 420 g/mol. The molecule has 0 fully saturated rings. The summed E-state index contributed by atoms with van der Waals surface area (Å²) in [6.07, 6.45) is 1.62. The molecular weight excluding hydrogens is 405 g/mol. The molecule has 27 heavy (non-hydrogen) atoms. The maximum absolute atomic E-state index is 12.7. The van der Waals surface area contributed by atoms with E-state index < -0.39 is 0 Å². The minimum atomic E-state index is -0.303. The number of para-hydroxylation sites is 2. The standard InChI is InChI=1S/C19H15Cl2N3O2S/c1-2-10-24-18(26)12-6-3-4-9-15(12)22-19(24)27-11-16(25)23-17-13(20)7-5-8-14(17)21/h2-9H,1,10-11H2,(H,23,25). The molecule has 138 valence electrons. The zero-order valence-electron chi connectivity index (χ0n) is 14.1. The van der Waals surface area contributed by atoms with Crippen molar-refractivity contribution in [1.82, 2.24) is 9.55 Å². The van der Waals surface area contributed by atoms with Crippen molar-refractivity contribution in [1.29, 1.82) is 0 Å². The van der Waals surface area contributed by atoms with E-state index in [2.05, 4.69) is 16.9 Å². The number of nitrogens with one attached hydrogen (secondary N) is 1. The molecule has 0 spiro atoms. The molecule has 0 aliphatic carbocycles. The van der Waals surface area contributed by atoms with E-state index in [-0.39, 0.29) is 17.2 Å². The summed E-state index contributed by atoms with van der Waals surface area (Å²) in [6.45, 7) is 3.99. The fraction of sp³-hybridized carbons (Fsp3) is 0.105. The van der Waals surface area contributed by atoms with Crippen LogP contribution in [0.1, 0.15) is 0 Å². The molecule has 0 aliphatic heterocycles. The lowest BCUT2D eigenvalue weighted by Gasteiger charge is -2.12. The van der Waals surface area contributed by atoms with Crippen molar-refractivity contribution in [3.05, 3.63) is 75.5 Å². The van der Waals surface area contributed by atoms with Crippen LogP contribution < -0.4 is 10.9 Å². The number of fused-ring (bicyclic) bond motifs is 1. The van der Waals surface area contributed by atoms with Crippen molar-refractivity contribution < 1.29 is 4.79 Å². The second kappa shape index (κ2) is 8.61. The predicted octanol–water partition coefficient (Wildman–Crippen LogP) is 4.62. The fourth-order valence-corrected chi connectivity index (χ4v) is 3.77. The maximum atomic E-state index is 12.7. The van der Waals surface area contributed by atoms with Crippen molar-refractivity contribution in [3.63, 3.8) is 0 Å². The number of anilines is 1. The average Bonchev–Trinajstić information content (AvgIpc) is 2.66. The van der Waals surface area contributed by atoms with Crippen LogP contribution in [-0.2, 0) is 11.3 Å². The first-order chi connectivity index (χ1) is 13.0. The van der Waals surface area contributed by atoms with Crippen LogP contribution in [0.15, 0.2) is 65.1 Å². The monoisotopic (exact) mass is 419 g/mol. The van der Waals surface area contributed by atoms with Crippen molar-refractivity contribution in [3.8, 4) is 0 Å². The quantitative estimate of drug-likeness (QED) is 0.359. The van der Waals surface area contributed by atoms with Gasteiger partial charge in [-0.2, -0.15) is 0 Å². The summed E-state index contributed by atoms with van der Waals surface area (Å²) in [5.74, 6) is -0.258. The number of nitrogens with zero attached hydrogens (tertiary/aromatic N) is 2. The summed E-state index contributed by atoms with van der Waals surface area (Å²) < 4.78 is 1.50. The second-order valence-corrected chi connectivity index (χ2v) is 7.31. The van der Waals surface area contributed by atoms with Crippen LogP contribution in [0.3, 0.4) is 0 Å². The Bertz CT molecular complexity index is 1060. The molecule has 0 aliphatic rings. The molecule has 1 aromatic heterocycles. The van der Waals surface area contributed by atoms with Crippen LogP contribution in [0.2, 0.25) is 10.0 Å². The highest BCUT2D eigenvalue weighted by molar-refractivity contribution is 7.99. The molecule has 5 nitrogen and oxygen atoms in total. The Morgan fingerprint density at radius 1 is 1.19 bits per heavy atom. The van der Waals surface area contributed by atoms with Gasteiger partial charge in [0.1, 0.15) is 0 Å². The molecule has 1 N–H and O–H groups in total. The van der Waals surface area contributed by atoms with Gasteiger partial charge in [-0.15, -0.1) is 6.58 Å². The first-order valence-electron chi connectivity index (χ1n) is 7.98. The summed E-state index contributed by atoms with van der Waals surface area (Å²) in [5, 5.41) is 4.37. The molecule has 0 atom stereocenters. The Labute approximate surface area is 170 Å². The zero-order valence-corrected chi connectivity index (χ0v) is 16.4. The lowest BCUT2D eigenvalue weighted by Crippen LogP contribution is -2.23. The number of carbonyl (C=O) groups excluding carboxylic acids is 1. The van der Waals surface area contributed by atoms with Gasteiger partial charge >= 0.3 is 0 Å². The van der Waals surface area contributed by atoms with Gasteiger partial charge in [-0.05, 0) is 24.3 Å². The summed E-state index contributed by atoms with van der Waals surface area (Å²) in [7, 11) is 0.